The molecule has 0 heterocycles. The van der Waals surface area contributed by atoms with Gasteiger partial charge in [-0.2, -0.15) is 0 Å². The standard InChI is InChI=1S/C12H26N2O/c1-6-12(3,4)14(5)11(15)8-7-10(2)9-13/h10H,6-9,13H2,1-5H3. The Morgan fingerprint density at radius 3 is 2.40 bits per heavy atom. The Kier molecular flexibility index (Phi) is 5.88. The fourth-order valence-corrected chi connectivity index (χ4v) is 1.23. The van der Waals surface area contributed by atoms with Crippen LogP contribution in [0.2, 0.25) is 0 Å². The first kappa shape index (κ1) is 14.4. The smallest absolute Gasteiger partial charge is 0.222 e. The molecule has 0 aliphatic carbocycles. The summed E-state index contributed by atoms with van der Waals surface area (Å²) in [6.07, 6.45) is 2.47. The van der Waals surface area contributed by atoms with Crippen LogP contribution in [-0.4, -0.2) is 29.9 Å². The molecule has 0 spiro atoms. The molecule has 0 fully saturated rings. The molecule has 0 radical (unpaired) electrons. The number of nitrogens with zero attached hydrogens (tertiary/aromatic N) is 1. The molecule has 2 N–H and O–H groups in total. The first-order chi connectivity index (χ1) is 6.85. The van der Waals surface area contributed by atoms with Gasteiger partial charge < -0.3 is 10.6 Å². The Morgan fingerprint density at radius 2 is 2.00 bits per heavy atom. The van der Waals surface area contributed by atoms with E-state index in [1.165, 1.54) is 0 Å². The lowest BCUT2D eigenvalue weighted by atomic mass is 9.98. The molecule has 3 heteroatoms. The molecule has 0 aliphatic rings. The molecule has 15 heavy (non-hydrogen) atoms. The van der Waals surface area contributed by atoms with Crippen molar-refractivity contribution in [1.82, 2.24) is 4.90 Å². The van der Waals surface area contributed by atoms with Gasteiger partial charge in [-0.15, -0.1) is 0 Å². The Morgan fingerprint density at radius 1 is 1.47 bits per heavy atom. The molecule has 0 bridgehead atoms. The van der Waals surface area contributed by atoms with Crippen molar-refractivity contribution in [2.75, 3.05) is 13.6 Å². The lowest BCUT2D eigenvalue weighted by Crippen LogP contribution is -2.44. The second-order valence-electron chi connectivity index (χ2n) is 5.00. The van der Waals surface area contributed by atoms with Gasteiger partial charge >= 0.3 is 0 Å². The van der Waals surface area contributed by atoms with Gasteiger partial charge in [-0.3, -0.25) is 4.79 Å². The number of hydrogen-bond donors (Lipinski definition) is 1. The summed E-state index contributed by atoms with van der Waals surface area (Å²) in [5.41, 5.74) is 5.48. The summed E-state index contributed by atoms with van der Waals surface area (Å²) in [5, 5.41) is 0. The normalized spacial score (nSPS) is 13.7. The van der Waals surface area contributed by atoms with E-state index in [1.54, 1.807) is 0 Å². The summed E-state index contributed by atoms with van der Waals surface area (Å²) in [6.45, 7) is 9.03. The maximum absolute atomic E-state index is 11.9. The average molecular weight is 214 g/mol. The minimum Gasteiger partial charge on any atom is -0.341 e. The van der Waals surface area contributed by atoms with Crippen LogP contribution >= 0.6 is 0 Å². The third-order valence-corrected chi connectivity index (χ3v) is 3.40. The van der Waals surface area contributed by atoms with Crippen molar-refractivity contribution in [2.24, 2.45) is 11.7 Å². The topological polar surface area (TPSA) is 46.3 Å². The largest absolute Gasteiger partial charge is 0.341 e. The van der Waals surface area contributed by atoms with E-state index in [-0.39, 0.29) is 11.4 Å². The van der Waals surface area contributed by atoms with Crippen molar-refractivity contribution in [3.8, 4) is 0 Å². The zero-order chi connectivity index (χ0) is 12.1. The van der Waals surface area contributed by atoms with Crippen LogP contribution in [0.1, 0.15) is 47.0 Å². The molecule has 90 valence electrons. The Bertz CT molecular complexity index is 202. The van der Waals surface area contributed by atoms with Crippen LogP contribution in [0.5, 0.6) is 0 Å². The van der Waals surface area contributed by atoms with Crippen LogP contribution in [0.15, 0.2) is 0 Å². The number of carbonyl (C=O) groups is 1. The van der Waals surface area contributed by atoms with E-state index in [4.69, 9.17) is 5.73 Å². The van der Waals surface area contributed by atoms with Crippen molar-refractivity contribution < 1.29 is 4.79 Å². The van der Waals surface area contributed by atoms with E-state index < -0.39 is 0 Å². The van der Waals surface area contributed by atoms with Gasteiger partial charge in [0.1, 0.15) is 0 Å². The molecule has 1 amide bonds. The fourth-order valence-electron chi connectivity index (χ4n) is 1.23. The van der Waals surface area contributed by atoms with Gasteiger partial charge in [0.2, 0.25) is 5.91 Å². The summed E-state index contributed by atoms with van der Waals surface area (Å²) in [4.78, 5) is 13.7. The van der Waals surface area contributed by atoms with Crippen molar-refractivity contribution in [3.05, 3.63) is 0 Å². The summed E-state index contributed by atoms with van der Waals surface area (Å²) in [6, 6.07) is 0. The predicted octanol–water partition coefficient (Wildman–Crippen LogP) is 2.01. The predicted molar refractivity (Wildman–Crippen MR) is 64.6 cm³/mol. The first-order valence-corrected chi connectivity index (χ1v) is 5.81. The molecule has 0 rings (SSSR count). The van der Waals surface area contributed by atoms with E-state index in [1.807, 2.05) is 11.9 Å². The number of amides is 1. The van der Waals surface area contributed by atoms with Gasteiger partial charge in [0.15, 0.2) is 0 Å². The quantitative estimate of drug-likeness (QED) is 0.735. The Labute approximate surface area is 94.0 Å². The molecule has 3 nitrogen and oxygen atoms in total. The third kappa shape index (κ3) is 4.65. The Balaban J connectivity index is 4.11. The first-order valence-electron chi connectivity index (χ1n) is 5.81. The fraction of sp³-hybridized carbons (Fsp3) is 0.917. The van der Waals surface area contributed by atoms with Gasteiger partial charge in [0.25, 0.3) is 0 Å². The van der Waals surface area contributed by atoms with Crippen molar-refractivity contribution in [2.45, 2.75) is 52.5 Å². The zero-order valence-electron chi connectivity index (χ0n) is 10.8. The van der Waals surface area contributed by atoms with Crippen molar-refractivity contribution in [3.63, 3.8) is 0 Å². The summed E-state index contributed by atoms with van der Waals surface area (Å²) >= 11 is 0. The van der Waals surface area contributed by atoms with Gasteiger partial charge in [0.05, 0.1) is 0 Å². The van der Waals surface area contributed by atoms with Crippen LogP contribution in [0.4, 0.5) is 0 Å². The molecular formula is C12H26N2O. The number of hydrogen-bond acceptors (Lipinski definition) is 2. The molecule has 0 saturated carbocycles. The highest BCUT2D eigenvalue weighted by atomic mass is 16.2. The second kappa shape index (κ2) is 6.11. The zero-order valence-corrected chi connectivity index (χ0v) is 10.8. The minimum absolute atomic E-state index is 0.0387. The van der Waals surface area contributed by atoms with Crippen molar-refractivity contribution in [1.29, 1.82) is 0 Å². The number of carbonyl (C=O) groups excluding carboxylic acids is 1. The number of rotatable bonds is 6. The van der Waals surface area contributed by atoms with Gasteiger partial charge in [-0.1, -0.05) is 13.8 Å². The highest BCUT2D eigenvalue weighted by Crippen LogP contribution is 2.18. The van der Waals surface area contributed by atoms with E-state index in [2.05, 4.69) is 27.7 Å². The summed E-state index contributed by atoms with van der Waals surface area (Å²) in [5.74, 6) is 0.661. The molecule has 0 aliphatic heterocycles. The molecule has 0 aromatic rings. The van der Waals surface area contributed by atoms with E-state index >= 15 is 0 Å². The van der Waals surface area contributed by atoms with Crippen molar-refractivity contribution >= 4 is 5.91 Å². The van der Waals surface area contributed by atoms with E-state index in [0.717, 1.165) is 12.8 Å². The van der Waals surface area contributed by atoms with Crippen LogP contribution < -0.4 is 5.73 Å². The van der Waals surface area contributed by atoms with E-state index in [0.29, 0.717) is 18.9 Å². The van der Waals surface area contributed by atoms with Gasteiger partial charge in [0, 0.05) is 19.0 Å². The maximum atomic E-state index is 11.9. The minimum atomic E-state index is -0.0387. The molecule has 0 saturated heterocycles. The lowest BCUT2D eigenvalue weighted by Gasteiger charge is -2.35. The maximum Gasteiger partial charge on any atom is 0.222 e. The monoisotopic (exact) mass is 214 g/mol. The van der Waals surface area contributed by atoms with Crippen LogP contribution in [-0.2, 0) is 4.79 Å². The SMILES string of the molecule is CCC(C)(C)N(C)C(=O)CCC(C)CN. The molecule has 0 aromatic carbocycles. The third-order valence-electron chi connectivity index (χ3n) is 3.40. The molecule has 0 aromatic heterocycles. The van der Waals surface area contributed by atoms with Gasteiger partial charge in [-0.05, 0) is 39.2 Å². The van der Waals surface area contributed by atoms with Gasteiger partial charge in [-0.25, -0.2) is 0 Å². The molecular weight excluding hydrogens is 188 g/mol. The number of nitrogens with two attached hydrogens (primary N) is 1. The van der Waals surface area contributed by atoms with E-state index in [9.17, 15) is 4.79 Å². The van der Waals surface area contributed by atoms with Crippen LogP contribution in [0.3, 0.4) is 0 Å². The summed E-state index contributed by atoms with van der Waals surface area (Å²) in [7, 11) is 1.89. The summed E-state index contributed by atoms with van der Waals surface area (Å²) < 4.78 is 0. The second-order valence-corrected chi connectivity index (χ2v) is 5.00. The Hall–Kier alpha value is -0.570. The van der Waals surface area contributed by atoms with Crippen LogP contribution in [0, 0.1) is 5.92 Å². The molecule has 1 unspecified atom stereocenters. The lowest BCUT2D eigenvalue weighted by molar-refractivity contribution is -0.135. The highest BCUT2D eigenvalue weighted by Gasteiger charge is 2.25. The van der Waals surface area contributed by atoms with Crippen LogP contribution in [0.25, 0.3) is 0 Å². The highest BCUT2D eigenvalue weighted by molar-refractivity contribution is 5.76. The average Bonchev–Trinajstić information content (AvgIpc) is 2.23. The molecule has 1 atom stereocenters.